The summed E-state index contributed by atoms with van der Waals surface area (Å²) in [6.45, 7) is 1.98. The van der Waals surface area contributed by atoms with Crippen molar-refractivity contribution in [3.8, 4) is 5.75 Å². The molecular formula is C20H18ClN3O2. The highest BCUT2D eigenvalue weighted by Gasteiger charge is 2.08. The maximum absolute atomic E-state index is 12.3. The van der Waals surface area contributed by atoms with E-state index in [1.54, 1.807) is 43.6 Å². The number of nitrogens with one attached hydrogen (secondary N) is 2. The van der Waals surface area contributed by atoms with Gasteiger partial charge in [-0.25, -0.2) is 4.98 Å². The molecule has 3 aromatic rings. The number of carbonyl (C=O) groups excluding carboxylic acids is 1. The van der Waals surface area contributed by atoms with Gasteiger partial charge in [-0.2, -0.15) is 0 Å². The van der Waals surface area contributed by atoms with E-state index in [4.69, 9.17) is 16.3 Å². The highest BCUT2D eigenvalue weighted by molar-refractivity contribution is 6.30. The van der Waals surface area contributed by atoms with Crippen LogP contribution >= 0.6 is 11.6 Å². The minimum Gasteiger partial charge on any atom is -0.497 e. The molecule has 2 aromatic carbocycles. The van der Waals surface area contributed by atoms with Crippen LogP contribution in [0.3, 0.4) is 0 Å². The molecule has 3 rings (SSSR count). The molecule has 0 aliphatic carbocycles. The summed E-state index contributed by atoms with van der Waals surface area (Å²) in [4.78, 5) is 16.6. The molecule has 0 fully saturated rings. The summed E-state index contributed by atoms with van der Waals surface area (Å²) in [6, 6.07) is 16.2. The molecule has 0 atom stereocenters. The van der Waals surface area contributed by atoms with Gasteiger partial charge in [0.25, 0.3) is 5.91 Å². The van der Waals surface area contributed by atoms with Crippen molar-refractivity contribution in [2.45, 2.75) is 6.92 Å². The van der Waals surface area contributed by atoms with E-state index in [-0.39, 0.29) is 5.91 Å². The Morgan fingerprint density at radius 1 is 1.12 bits per heavy atom. The van der Waals surface area contributed by atoms with Crippen molar-refractivity contribution in [3.05, 3.63) is 76.9 Å². The quantitative estimate of drug-likeness (QED) is 0.662. The molecule has 0 saturated heterocycles. The highest BCUT2D eigenvalue weighted by Crippen LogP contribution is 2.23. The summed E-state index contributed by atoms with van der Waals surface area (Å²) >= 11 is 5.97. The Morgan fingerprint density at radius 3 is 2.65 bits per heavy atom. The SMILES string of the molecule is COc1cccc(C(=O)Nc2ccc(Nc3ccc(Cl)cc3C)cn2)c1. The number of ether oxygens (including phenoxy) is 1. The molecule has 6 heteroatoms. The Kier molecular flexibility index (Phi) is 5.39. The lowest BCUT2D eigenvalue weighted by Crippen LogP contribution is -2.13. The van der Waals surface area contributed by atoms with Crippen LogP contribution in [0.1, 0.15) is 15.9 Å². The van der Waals surface area contributed by atoms with Crippen LogP contribution in [0.15, 0.2) is 60.8 Å². The van der Waals surface area contributed by atoms with Gasteiger partial charge < -0.3 is 15.4 Å². The minimum atomic E-state index is -0.245. The molecule has 2 N–H and O–H groups in total. The van der Waals surface area contributed by atoms with Gasteiger partial charge in [0, 0.05) is 16.3 Å². The van der Waals surface area contributed by atoms with Gasteiger partial charge in [-0.3, -0.25) is 4.79 Å². The van der Waals surface area contributed by atoms with Crippen LogP contribution in [0.5, 0.6) is 5.75 Å². The Morgan fingerprint density at radius 2 is 1.96 bits per heavy atom. The Balaban J connectivity index is 1.68. The zero-order valence-electron chi connectivity index (χ0n) is 14.4. The first-order valence-corrected chi connectivity index (χ1v) is 8.37. The van der Waals surface area contributed by atoms with E-state index in [1.807, 2.05) is 31.2 Å². The van der Waals surface area contributed by atoms with Gasteiger partial charge in [-0.15, -0.1) is 0 Å². The van der Waals surface area contributed by atoms with Crippen LogP contribution in [-0.2, 0) is 0 Å². The summed E-state index contributed by atoms with van der Waals surface area (Å²) in [5.74, 6) is 0.852. The number of hydrogen-bond acceptors (Lipinski definition) is 4. The fraction of sp³-hybridized carbons (Fsp3) is 0.100. The van der Waals surface area contributed by atoms with Crippen molar-refractivity contribution >= 4 is 34.7 Å². The number of hydrogen-bond donors (Lipinski definition) is 2. The normalized spacial score (nSPS) is 10.3. The third kappa shape index (κ3) is 4.32. The zero-order valence-corrected chi connectivity index (χ0v) is 15.2. The topological polar surface area (TPSA) is 63.2 Å². The number of anilines is 3. The van der Waals surface area contributed by atoms with E-state index in [9.17, 15) is 4.79 Å². The number of halogens is 1. The average molecular weight is 368 g/mol. The van der Waals surface area contributed by atoms with E-state index < -0.39 is 0 Å². The van der Waals surface area contributed by atoms with Crippen molar-refractivity contribution in [1.29, 1.82) is 0 Å². The maximum Gasteiger partial charge on any atom is 0.256 e. The molecule has 1 aromatic heterocycles. The molecule has 132 valence electrons. The predicted molar refractivity (Wildman–Crippen MR) is 105 cm³/mol. The lowest BCUT2D eigenvalue weighted by Gasteiger charge is -2.10. The molecule has 5 nitrogen and oxygen atoms in total. The molecule has 26 heavy (non-hydrogen) atoms. The monoisotopic (exact) mass is 367 g/mol. The summed E-state index contributed by atoms with van der Waals surface area (Å²) in [5.41, 5.74) is 3.30. The smallest absolute Gasteiger partial charge is 0.256 e. The third-order valence-corrected chi connectivity index (χ3v) is 4.04. The van der Waals surface area contributed by atoms with Crippen molar-refractivity contribution < 1.29 is 9.53 Å². The molecule has 1 amide bonds. The Bertz CT molecular complexity index is 927. The molecule has 0 saturated carbocycles. The number of aromatic nitrogens is 1. The lowest BCUT2D eigenvalue weighted by molar-refractivity contribution is 0.102. The number of methoxy groups -OCH3 is 1. The van der Waals surface area contributed by atoms with Gasteiger partial charge in [0.05, 0.1) is 19.0 Å². The number of aryl methyl sites for hydroxylation is 1. The second-order valence-corrected chi connectivity index (χ2v) is 6.14. The van der Waals surface area contributed by atoms with Crippen LogP contribution in [-0.4, -0.2) is 18.0 Å². The zero-order chi connectivity index (χ0) is 18.5. The number of pyridine rings is 1. The van der Waals surface area contributed by atoms with Gasteiger partial charge >= 0.3 is 0 Å². The molecule has 0 bridgehead atoms. The van der Waals surface area contributed by atoms with Gasteiger partial charge in [0.2, 0.25) is 0 Å². The van der Waals surface area contributed by atoms with Crippen LogP contribution < -0.4 is 15.4 Å². The summed E-state index contributed by atoms with van der Waals surface area (Å²) in [7, 11) is 1.56. The number of carbonyl (C=O) groups is 1. The molecular weight excluding hydrogens is 350 g/mol. The number of rotatable bonds is 5. The van der Waals surface area contributed by atoms with Crippen LogP contribution in [0, 0.1) is 6.92 Å². The molecule has 1 heterocycles. The van der Waals surface area contributed by atoms with Gasteiger partial charge in [-0.1, -0.05) is 17.7 Å². The van der Waals surface area contributed by atoms with E-state index >= 15 is 0 Å². The van der Waals surface area contributed by atoms with Gasteiger partial charge in [-0.05, 0) is 61.0 Å². The third-order valence-electron chi connectivity index (χ3n) is 3.80. The second-order valence-electron chi connectivity index (χ2n) is 5.70. The Labute approximate surface area is 157 Å². The molecule has 0 aliphatic heterocycles. The van der Waals surface area contributed by atoms with Crippen LogP contribution in [0.25, 0.3) is 0 Å². The van der Waals surface area contributed by atoms with E-state index in [2.05, 4.69) is 15.6 Å². The highest BCUT2D eigenvalue weighted by atomic mass is 35.5. The summed E-state index contributed by atoms with van der Waals surface area (Å²) < 4.78 is 5.13. The fourth-order valence-corrected chi connectivity index (χ4v) is 2.64. The van der Waals surface area contributed by atoms with Gasteiger partial charge in [0.1, 0.15) is 11.6 Å². The molecule has 0 radical (unpaired) electrons. The fourth-order valence-electron chi connectivity index (χ4n) is 2.42. The molecule has 0 unspecified atom stereocenters. The Hall–Kier alpha value is -3.05. The minimum absolute atomic E-state index is 0.245. The summed E-state index contributed by atoms with van der Waals surface area (Å²) in [5, 5.41) is 6.74. The average Bonchev–Trinajstić information content (AvgIpc) is 2.65. The number of nitrogens with zero attached hydrogens (tertiary/aromatic N) is 1. The van der Waals surface area contributed by atoms with Crippen molar-refractivity contribution in [3.63, 3.8) is 0 Å². The number of amides is 1. The first-order valence-electron chi connectivity index (χ1n) is 8.00. The van der Waals surface area contributed by atoms with E-state index in [0.29, 0.717) is 22.2 Å². The van der Waals surface area contributed by atoms with E-state index in [1.165, 1.54) is 0 Å². The largest absolute Gasteiger partial charge is 0.497 e. The first-order chi connectivity index (χ1) is 12.5. The van der Waals surface area contributed by atoms with E-state index in [0.717, 1.165) is 16.9 Å². The van der Waals surface area contributed by atoms with Crippen molar-refractivity contribution in [2.75, 3.05) is 17.7 Å². The van der Waals surface area contributed by atoms with Gasteiger partial charge in [0.15, 0.2) is 0 Å². The van der Waals surface area contributed by atoms with Crippen molar-refractivity contribution in [1.82, 2.24) is 4.98 Å². The summed E-state index contributed by atoms with van der Waals surface area (Å²) in [6.07, 6.45) is 1.66. The van der Waals surface area contributed by atoms with Crippen LogP contribution in [0.2, 0.25) is 5.02 Å². The van der Waals surface area contributed by atoms with Crippen molar-refractivity contribution in [2.24, 2.45) is 0 Å². The predicted octanol–water partition coefficient (Wildman–Crippen LogP) is 5.05. The van der Waals surface area contributed by atoms with Crippen LogP contribution in [0.4, 0.5) is 17.2 Å². The number of benzene rings is 2. The second kappa shape index (κ2) is 7.89. The standard InChI is InChI=1S/C20H18ClN3O2/c1-13-10-15(21)6-8-18(13)23-16-7-9-19(22-12-16)24-20(25)14-4-3-5-17(11-14)26-2/h3-12,23H,1-2H3,(H,22,24,25). The molecule has 0 spiro atoms. The first kappa shape index (κ1) is 17.8. The lowest BCUT2D eigenvalue weighted by atomic mass is 10.2. The maximum atomic E-state index is 12.3. The molecule has 0 aliphatic rings.